The van der Waals surface area contributed by atoms with Crippen LogP contribution in [0.25, 0.3) is 6.08 Å². The van der Waals surface area contributed by atoms with Crippen LogP contribution in [0.1, 0.15) is 96.5 Å². The summed E-state index contributed by atoms with van der Waals surface area (Å²) in [6.45, 7) is 4.01. The van der Waals surface area contributed by atoms with Crippen molar-refractivity contribution >= 4 is 23.6 Å². The highest BCUT2D eigenvalue weighted by atomic mass is 16.2. The van der Waals surface area contributed by atoms with E-state index < -0.39 is 0 Å². The maximum atomic E-state index is 11.9. The lowest BCUT2D eigenvalue weighted by Crippen LogP contribution is -2.35. The Hall–Kier alpha value is -2.43. The molecule has 0 aliphatic carbocycles. The Morgan fingerprint density at radius 3 is 2.03 bits per heavy atom. The molecule has 0 saturated heterocycles. The molecule has 2 amide bonds. The van der Waals surface area contributed by atoms with Crippen LogP contribution in [0.4, 0.5) is 0 Å². The largest absolute Gasteiger partial charge is 0.347 e. The Morgan fingerprint density at radius 1 is 0.839 bits per heavy atom. The average molecular weight is 428 g/mol. The molecule has 31 heavy (non-hydrogen) atoms. The number of rotatable bonds is 17. The average Bonchev–Trinajstić information content (AvgIpc) is 2.79. The third-order valence-electron chi connectivity index (χ3n) is 5.13. The van der Waals surface area contributed by atoms with E-state index in [1.807, 2.05) is 49.4 Å². The fourth-order valence-electron chi connectivity index (χ4n) is 3.23. The van der Waals surface area contributed by atoms with Gasteiger partial charge in [-0.05, 0) is 25.0 Å². The number of nitrogens with zero attached hydrogens (tertiary/aromatic N) is 1. The first kappa shape index (κ1) is 26.6. The van der Waals surface area contributed by atoms with Crippen LogP contribution in [0, 0.1) is 0 Å². The minimum absolute atomic E-state index is 0.0456. The van der Waals surface area contributed by atoms with E-state index >= 15 is 0 Å². The normalized spacial score (nSPS) is 11.6. The number of amides is 2. The van der Waals surface area contributed by atoms with Crippen molar-refractivity contribution in [2.45, 2.75) is 90.9 Å². The highest BCUT2D eigenvalue weighted by Crippen LogP contribution is 2.11. The Balaban J connectivity index is 2.01. The molecule has 2 N–H and O–H groups in total. The molecule has 0 atom stereocenters. The second-order valence-electron chi connectivity index (χ2n) is 8.09. The van der Waals surface area contributed by atoms with Gasteiger partial charge in [-0.25, -0.2) is 5.43 Å². The van der Waals surface area contributed by atoms with Gasteiger partial charge in [-0.15, -0.1) is 0 Å². The summed E-state index contributed by atoms with van der Waals surface area (Å²) in [7, 11) is 0. The maximum absolute atomic E-state index is 11.9. The molecule has 1 aromatic rings. The predicted octanol–water partition coefficient (Wildman–Crippen LogP) is 6.01. The van der Waals surface area contributed by atoms with E-state index in [4.69, 9.17) is 0 Å². The minimum Gasteiger partial charge on any atom is -0.347 e. The molecule has 0 bridgehead atoms. The standard InChI is InChI=1S/C26H41N3O2/c1-3-4-5-6-7-8-9-10-11-12-16-19-25(30)27-22-26(31)29-28-23(2)20-21-24-17-14-13-15-18-24/h13-15,17-18,20-21H,3-12,16,19,22H2,1-2H3,(H,27,30)(H,29,31)/b21-20+,28-23+. The molecule has 5 nitrogen and oxygen atoms in total. The third-order valence-corrected chi connectivity index (χ3v) is 5.13. The first-order valence-electron chi connectivity index (χ1n) is 11.9. The van der Waals surface area contributed by atoms with Crippen molar-refractivity contribution in [3.8, 4) is 0 Å². The summed E-state index contributed by atoms with van der Waals surface area (Å²) in [5.74, 6) is -0.393. The first-order valence-corrected chi connectivity index (χ1v) is 11.9. The third kappa shape index (κ3) is 16.0. The monoisotopic (exact) mass is 427 g/mol. The Kier molecular flexibility index (Phi) is 15.7. The number of unbranched alkanes of at least 4 members (excludes halogenated alkanes) is 10. The van der Waals surface area contributed by atoms with E-state index in [0.717, 1.165) is 18.4 Å². The summed E-state index contributed by atoms with van der Waals surface area (Å²) in [6.07, 6.45) is 18.1. The summed E-state index contributed by atoms with van der Waals surface area (Å²) in [6, 6.07) is 9.88. The van der Waals surface area contributed by atoms with Crippen molar-refractivity contribution < 1.29 is 9.59 Å². The maximum Gasteiger partial charge on any atom is 0.259 e. The smallest absolute Gasteiger partial charge is 0.259 e. The van der Waals surface area contributed by atoms with Gasteiger partial charge in [0.05, 0.1) is 12.3 Å². The van der Waals surface area contributed by atoms with Gasteiger partial charge in [0.1, 0.15) is 0 Å². The number of allylic oxidation sites excluding steroid dienone is 1. The zero-order chi connectivity index (χ0) is 22.6. The van der Waals surface area contributed by atoms with Gasteiger partial charge in [0.25, 0.3) is 5.91 Å². The number of hydrogen-bond donors (Lipinski definition) is 2. The predicted molar refractivity (Wildman–Crippen MR) is 131 cm³/mol. The summed E-state index contributed by atoms with van der Waals surface area (Å²) >= 11 is 0. The van der Waals surface area contributed by atoms with Crippen LogP contribution in [0.2, 0.25) is 0 Å². The van der Waals surface area contributed by atoms with Gasteiger partial charge in [0, 0.05) is 6.42 Å². The molecule has 0 spiro atoms. The van der Waals surface area contributed by atoms with E-state index in [2.05, 4.69) is 22.8 Å². The molecular weight excluding hydrogens is 386 g/mol. The molecule has 5 heteroatoms. The molecule has 1 aromatic carbocycles. The Labute approximate surface area is 188 Å². The number of hydrogen-bond acceptors (Lipinski definition) is 3. The van der Waals surface area contributed by atoms with Gasteiger partial charge in [0.15, 0.2) is 0 Å². The number of benzene rings is 1. The minimum atomic E-state index is -0.320. The summed E-state index contributed by atoms with van der Waals surface area (Å²) in [4.78, 5) is 23.7. The van der Waals surface area contributed by atoms with Gasteiger partial charge in [-0.1, -0.05) is 108 Å². The quantitative estimate of drug-likeness (QED) is 0.182. The van der Waals surface area contributed by atoms with Gasteiger partial charge in [0.2, 0.25) is 5.91 Å². The lowest BCUT2D eigenvalue weighted by Gasteiger charge is -2.05. The van der Waals surface area contributed by atoms with Crippen molar-refractivity contribution in [1.29, 1.82) is 0 Å². The number of hydrazone groups is 1. The van der Waals surface area contributed by atoms with Crippen molar-refractivity contribution in [2.24, 2.45) is 5.10 Å². The van der Waals surface area contributed by atoms with Crippen molar-refractivity contribution in [3.63, 3.8) is 0 Å². The van der Waals surface area contributed by atoms with E-state index in [-0.39, 0.29) is 18.4 Å². The second kappa shape index (κ2) is 18.3. The van der Waals surface area contributed by atoms with Crippen LogP contribution >= 0.6 is 0 Å². The van der Waals surface area contributed by atoms with Crippen LogP contribution in [-0.2, 0) is 9.59 Å². The number of nitrogens with one attached hydrogen (secondary N) is 2. The summed E-state index contributed by atoms with van der Waals surface area (Å²) in [5, 5.41) is 6.69. The lowest BCUT2D eigenvalue weighted by molar-refractivity contribution is -0.126. The van der Waals surface area contributed by atoms with Crippen LogP contribution in [-0.4, -0.2) is 24.1 Å². The van der Waals surface area contributed by atoms with Crippen LogP contribution in [0.3, 0.4) is 0 Å². The zero-order valence-corrected chi connectivity index (χ0v) is 19.5. The molecule has 0 aromatic heterocycles. The van der Waals surface area contributed by atoms with Crippen LogP contribution in [0.15, 0.2) is 41.5 Å². The van der Waals surface area contributed by atoms with E-state index in [1.165, 1.54) is 57.8 Å². The Morgan fingerprint density at radius 2 is 1.42 bits per heavy atom. The zero-order valence-electron chi connectivity index (χ0n) is 19.5. The van der Waals surface area contributed by atoms with Gasteiger partial charge in [-0.3, -0.25) is 9.59 Å². The fourth-order valence-corrected chi connectivity index (χ4v) is 3.23. The summed E-state index contributed by atoms with van der Waals surface area (Å²) < 4.78 is 0. The molecule has 172 valence electrons. The SMILES string of the molecule is CCCCCCCCCCCCCC(=O)NCC(=O)N/N=C(C)/C=C/c1ccccc1. The molecule has 0 heterocycles. The highest BCUT2D eigenvalue weighted by molar-refractivity contribution is 5.97. The van der Waals surface area contributed by atoms with Gasteiger partial charge < -0.3 is 5.32 Å². The molecule has 0 radical (unpaired) electrons. The molecule has 0 saturated carbocycles. The molecule has 0 aliphatic rings. The van der Waals surface area contributed by atoms with Gasteiger partial charge >= 0.3 is 0 Å². The van der Waals surface area contributed by atoms with E-state index in [9.17, 15) is 9.59 Å². The molecule has 0 unspecified atom stereocenters. The van der Waals surface area contributed by atoms with E-state index in [1.54, 1.807) is 0 Å². The van der Waals surface area contributed by atoms with Crippen LogP contribution in [0.5, 0.6) is 0 Å². The van der Waals surface area contributed by atoms with Crippen molar-refractivity contribution in [3.05, 3.63) is 42.0 Å². The highest BCUT2D eigenvalue weighted by Gasteiger charge is 2.04. The number of carbonyl (C=O) groups is 2. The number of carbonyl (C=O) groups excluding carboxylic acids is 2. The first-order chi connectivity index (χ1) is 15.1. The van der Waals surface area contributed by atoms with Gasteiger partial charge in [-0.2, -0.15) is 5.10 Å². The molecule has 0 fully saturated rings. The lowest BCUT2D eigenvalue weighted by atomic mass is 10.1. The summed E-state index contributed by atoms with van der Waals surface area (Å²) in [5.41, 5.74) is 4.22. The second-order valence-corrected chi connectivity index (χ2v) is 8.09. The van der Waals surface area contributed by atoms with E-state index in [0.29, 0.717) is 12.1 Å². The van der Waals surface area contributed by atoms with Crippen LogP contribution < -0.4 is 10.7 Å². The molecular formula is C26H41N3O2. The fraction of sp³-hybridized carbons (Fsp3) is 0.577. The molecule has 1 rings (SSSR count). The molecule has 0 aliphatic heterocycles. The Bertz CT molecular complexity index is 668. The van der Waals surface area contributed by atoms with Crippen molar-refractivity contribution in [1.82, 2.24) is 10.7 Å². The topological polar surface area (TPSA) is 70.6 Å². The van der Waals surface area contributed by atoms with Crippen molar-refractivity contribution in [2.75, 3.05) is 6.54 Å².